The van der Waals surface area contributed by atoms with Gasteiger partial charge in [0.1, 0.15) is 0 Å². The van der Waals surface area contributed by atoms with Gasteiger partial charge in [-0.05, 0) is 23.8 Å². The number of hydrogen-bond acceptors (Lipinski definition) is 1. The molecular formula is C16H11BrClNO. The van der Waals surface area contributed by atoms with Gasteiger partial charge < -0.3 is 4.57 Å². The Kier molecular flexibility index (Phi) is 3.64. The van der Waals surface area contributed by atoms with Crippen LogP contribution in [0.25, 0.3) is 10.9 Å². The van der Waals surface area contributed by atoms with Gasteiger partial charge in [-0.15, -0.1) is 0 Å². The highest BCUT2D eigenvalue weighted by Crippen LogP contribution is 2.26. The Morgan fingerprint density at radius 3 is 2.75 bits per heavy atom. The zero-order valence-electron chi connectivity index (χ0n) is 10.5. The van der Waals surface area contributed by atoms with Crippen molar-refractivity contribution < 1.29 is 4.79 Å². The van der Waals surface area contributed by atoms with Crippen LogP contribution in [0.15, 0.2) is 53.1 Å². The third kappa shape index (κ3) is 2.39. The molecule has 2 aromatic carbocycles. The summed E-state index contributed by atoms with van der Waals surface area (Å²) in [5.74, 6) is 0. The van der Waals surface area contributed by atoms with E-state index in [0.29, 0.717) is 17.1 Å². The van der Waals surface area contributed by atoms with Gasteiger partial charge in [-0.25, -0.2) is 0 Å². The topological polar surface area (TPSA) is 22.0 Å². The molecule has 1 aromatic heterocycles. The number of carbonyl (C=O) groups is 1. The molecule has 0 spiro atoms. The maximum atomic E-state index is 11.2. The van der Waals surface area contributed by atoms with Crippen LogP contribution in [0, 0.1) is 0 Å². The Balaban J connectivity index is 2.14. The van der Waals surface area contributed by atoms with Crippen LogP contribution >= 0.6 is 27.5 Å². The first-order valence-electron chi connectivity index (χ1n) is 6.16. The molecule has 0 fully saturated rings. The molecule has 100 valence electrons. The average Bonchev–Trinajstić information content (AvgIpc) is 2.79. The van der Waals surface area contributed by atoms with E-state index in [4.69, 9.17) is 11.6 Å². The van der Waals surface area contributed by atoms with Crippen LogP contribution in [-0.2, 0) is 6.54 Å². The van der Waals surface area contributed by atoms with Gasteiger partial charge in [0.2, 0.25) is 0 Å². The second-order valence-electron chi connectivity index (χ2n) is 4.58. The van der Waals surface area contributed by atoms with Crippen molar-refractivity contribution in [2.45, 2.75) is 6.54 Å². The summed E-state index contributed by atoms with van der Waals surface area (Å²) in [5, 5.41) is 1.60. The Labute approximate surface area is 130 Å². The van der Waals surface area contributed by atoms with Gasteiger partial charge in [0.25, 0.3) is 0 Å². The minimum absolute atomic E-state index is 0.668. The van der Waals surface area contributed by atoms with Gasteiger partial charge in [0.15, 0.2) is 6.29 Å². The van der Waals surface area contributed by atoms with Crippen LogP contribution < -0.4 is 0 Å². The zero-order valence-corrected chi connectivity index (χ0v) is 12.9. The third-order valence-electron chi connectivity index (χ3n) is 3.30. The number of halogens is 2. The molecule has 0 saturated carbocycles. The first kappa shape index (κ1) is 13.4. The number of hydrogen-bond donors (Lipinski definition) is 0. The van der Waals surface area contributed by atoms with E-state index in [0.717, 1.165) is 27.2 Å². The summed E-state index contributed by atoms with van der Waals surface area (Å²) < 4.78 is 3.10. The number of benzene rings is 2. The van der Waals surface area contributed by atoms with Crippen molar-refractivity contribution in [3.05, 3.63) is 69.3 Å². The molecule has 2 nitrogen and oxygen atoms in total. The molecule has 1 heterocycles. The molecule has 0 aliphatic carbocycles. The first-order chi connectivity index (χ1) is 9.69. The summed E-state index contributed by atoms with van der Waals surface area (Å²) in [7, 11) is 0. The Morgan fingerprint density at radius 1 is 1.20 bits per heavy atom. The molecule has 0 aliphatic rings. The summed E-state index contributed by atoms with van der Waals surface area (Å²) in [4.78, 5) is 11.2. The molecule has 0 amide bonds. The minimum atomic E-state index is 0.668. The predicted octanol–water partition coefficient (Wildman–Crippen LogP) is 4.92. The van der Waals surface area contributed by atoms with E-state index in [1.807, 2.05) is 41.1 Å². The lowest BCUT2D eigenvalue weighted by Gasteiger charge is -2.07. The van der Waals surface area contributed by atoms with E-state index in [1.54, 1.807) is 6.07 Å². The lowest BCUT2D eigenvalue weighted by Crippen LogP contribution is -1.98. The van der Waals surface area contributed by atoms with Gasteiger partial charge in [-0.1, -0.05) is 51.8 Å². The van der Waals surface area contributed by atoms with Crippen LogP contribution in [0.5, 0.6) is 0 Å². The largest absolute Gasteiger partial charge is 0.342 e. The van der Waals surface area contributed by atoms with Crippen LogP contribution in [0.2, 0.25) is 5.02 Å². The lowest BCUT2D eigenvalue weighted by atomic mass is 10.2. The van der Waals surface area contributed by atoms with Crippen molar-refractivity contribution in [3.63, 3.8) is 0 Å². The molecular weight excluding hydrogens is 338 g/mol. The van der Waals surface area contributed by atoms with Crippen molar-refractivity contribution >= 4 is 44.7 Å². The standard InChI is InChI=1S/C16H11BrClNO/c17-15-4-2-1-3-11(15)8-19-9-12(10-20)14-6-5-13(18)7-16(14)19/h1-7,9-10H,8H2. The monoisotopic (exact) mass is 347 g/mol. The van der Waals surface area contributed by atoms with E-state index in [9.17, 15) is 4.79 Å². The molecule has 3 rings (SSSR count). The normalized spacial score (nSPS) is 10.9. The molecule has 0 bridgehead atoms. The summed E-state index contributed by atoms with van der Waals surface area (Å²) >= 11 is 9.61. The maximum absolute atomic E-state index is 11.2. The van der Waals surface area contributed by atoms with E-state index >= 15 is 0 Å². The van der Waals surface area contributed by atoms with Crippen LogP contribution in [-0.4, -0.2) is 10.9 Å². The third-order valence-corrected chi connectivity index (χ3v) is 4.31. The van der Waals surface area contributed by atoms with E-state index < -0.39 is 0 Å². The summed E-state index contributed by atoms with van der Waals surface area (Å²) in [6, 6.07) is 13.6. The number of aldehydes is 1. The fourth-order valence-corrected chi connectivity index (χ4v) is 2.90. The van der Waals surface area contributed by atoms with E-state index in [1.165, 1.54) is 0 Å². The molecule has 0 N–H and O–H groups in total. The van der Waals surface area contributed by atoms with Crippen LogP contribution in [0.1, 0.15) is 15.9 Å². The molecule has 0 radical (unpaired) electrons. The van der Waals surface area contributed by atoms with Crippen molar-refractivity contribution in [3.8, 4) is 0 Å². The molecule has 0 atom stereocenters. The Hall–Kier alpha value is -1.58. The van der Waals surface area contributed by atoms with Crippen LogP contribution in [0.3, 0.4) is 0 Å². The van der Waals surface area contributed by atoms with Gasteiger partial charge in [0, 0.05) is 33.2 Å². The highest BCUT2D eigenvalue weighted by molar-refractivity contribution is 9.10. The molecule has 20 heavy (non-hydrogen) atoms. The number of carbonyl (C=O) groups excluding carboxylic acids is 1. The van der Waals surface area contributed by atoms with Crippen molar-refractivity contribution in [1.82, 2.24) is 4.57 Å². The fourth-order valence-electron chi connectivity index (χ4n) is 2.33. The molecule has 0 saturated heterocycles. The van der Waals surface area contributed by atoms with Gasteiger partial charge in [-0.3, -0.25) is 4.79 Å². The van der Waals surface area contributed by atoms with Crippen molar-refractivity contribution in [2.24, 2.45) is 0 Å². The van der Waals surface area contributed by atoms with Gasteiger partial charge in [0.05, 0.1) is 5.52 Å². The second kappa shape index (κ2) is 5.43. The minimum Gasteiger partial charge on any atom is -0.342 e. The van der Waals surface area contributed by atoms with E-state index in [2.05, 4.69) is 22.0 Å². The molecule has 0 aliphatic heterocycles. The van der Waals surface area contributed by atoms with Crippen LogP contribution in [0.4, 0.5) is 0 Å². The SMILES string of the molecule is O=Cc1cn(Cc2ccccc2Br)c2cc(Cl)ccc12. The average molecular weight is 349 g/mol. The number of aromatic nitrogens is 1. The quantitative estimate of drug-likeness (QED) is 0.616. The van der Waals surface area contributed by atoms with E-state index in [-0.39, 0.29) is 0 Å². The number of fused-ring (bicyclic) bond motifs is 1. The number of nitrogens with zero attached hydrogens (tertiary/aromatic N) is 1. The van der Waals surface area contributed by atoms with Crippen molar-refractivity contribution in [2.75, 3.05) is 0 Å². The Bertz CT molecular complexity index is 794. The molecule has 4 heteroatoms. The van der Waals surface area contributed by atoms with Crippen molar-refractivity contribution in [1.29, 1.82) is 0 Å². The number of rotatable bonds is 3. The summed E-state index contributed by atoms with van der Waals surface area (Å²) in [5.41, 5.74) is 2.81. The summed E-state index contributed by atoms with van der Waals surface area (Å²) in [6.45, 7) is 0.687. The summed E-state index contributed by atoms with van der Waals surface area (Å²) in [6.07, 6.45) is 2.75. The second-order valence-corrected chi connectivity index (χ2v) is 5.87. The molecule has 0 unspecified atom stereocenters. The predicted molar refractivity (Wildman–Crippen MR) is 85.6 cm³/mol. The van der Waals surface area contributed by atoms with Gasteiger partial charge >= 0.3 is 0 Å². The van der Waals surface area contributed by atoms with Gasteiger partial charge in [-0.2, -0.15) is 0 Å². The Morgan fingerprint density at radius 2 is 2.00 bits per heavy atom. The fraction of sp³-hybridized carbons (Fsp3) is 0.0625. The molecule has 3 aromatic rings. The maximum Gasteiger partial charge on any atom is 0.152 e. The highest BCUT2D eigenvalue weighted by atomic mass is 79.9. The first-order valence-corrected chi connectivity index (χ1v) is 7.33. The highest BCUT2D eigenvalue weighted by Gasteiger charge is 2.09. The smallest absolute Gasteiger partial charge is 0.152 e. The lowest BCUT2D eigenvalue weighted by molar-refractivity contribution is 0.112. The zero-order chi connectivity index (χ0) is 14.1.